The first-order valence-electron chi connectivity index (χ1n) is 8.35. The summed E-state index contributed by atoms with van der Waals surface area (Å²) in [5.41, 5.74) is 1.61. The minimum Gasteiger partial charge on any atom is -0.393 e. The molecule has 0 saturated carbocycles. The molecule has 2 atom stereocenters. The van der Waals surface area contributed by atoms with E-state index in [2.05, 4.69) is 22.9 Å². The molecule has 2 unspecified atom stereocenters. The van der Waals surface area contributed by atoms with Crippen LogP contribution in [0.15, 0.2) is 6.07 Å². The summed E-state index contributed by atoms with van der Waals surface area (Å²) in [5.74, 6) is 0. The zero-order valence-electron chi connectivity index (χ0n) is 13.3. The number of nitrogens with zero attached hydrogens (tertiary/aromatic N) is 2. The summed E-state index contributed by atoms with van der Waals surface area (Å²) < 4.78 is 0. The molecule has 21 heavy (non-hydrogen) atoms. The average molecular weight is 308 g/mol. The molecule has 1 N–H and O–H groups in total. The number of thiophene rings is 1. The Kier molecular flexibility index (Phi) is 4.99. The highest BCUT2D eigenvalue weighted by Gasteiger charge is 2.29. The van der Waals surface area contributed by atoms with Gasteiger partial charge in [-0.15, -0.1) is 11.3 Å². The number of likely N-dealkylation sites (N-methyl/N-ethyl adjacent to an activating group) is 1. The maximum Gasteiger partial charge on any atom is 0.0515 e. The Morgan fingerprint density at radius 2 is 2.10 bits per heavy atom. The van der Waals surface area contributed by atoms with E-state index in [1.807, 2.05) is 18.3 Å². The summed E-state index contributed by atoms with van der Waals surface area (Å²) in [4.78, 5) is 8.22. The standard InChI is InChI=1S/C17H28N2OS/c1-13(20)6-7-14-12-15-16(4-3-5-17(15)21-14)19-10-8-18(2)9-11-19/h12-13,16,20H,3-11H2,1-2H3. The van der Waals surface area contributed by atoms with Crippen molar-refractivity contribution < 1.29 is 5.11 Å². The highest BCUT2D eigenvalue weighted by atomic mass is 32.1. The van der Waals surface area contributed by atoms with E-state index in [4.69, 9.17) is 0 Å². The molecular formula is C17H28N2OS. The second-order valence-electron chi connectivity index (χ2n) is 6.73. The van der Waals surface area contributed by atoms with E-state index >= 15 is 0 Å². The fourth-order valence-corrected chi connectivity index (χ4v) is 4.86. The van der Waals surface area contributed by atoms with Gasteiger partial charge < -0.3 is 10.0 Å². The highest BCUT2D eigenvalue weighted by Crippen LogP contribution is 2.39. The van der Waals surface area contributed by atoms with Gasteiger partial charge in [0.05, 0.1) is 6.10 Å². The van der Waals surface area contributed by atoms with Crippen molar-refractivity contribution in [1.82, 2.24) is 9.80 Å². The predicted octanol–water partition coefficient (Wildman–Crippen LogP) is 2.69. The Labute approximate surface area is 132 Å². The van der Waals surface area contributed by atoms with E-state index in [0.29, 0.717) is 6.04 Å². The zero-order valence-corrected chi connectivity index (χ0v) is 14.2. The summed E-state index contributed by atoms with van der Waals surface area (Å²) in [5, 5.41) is 9.49. The molecule has 1 aliphatic carbocycles. The molecule has 1 saturated heterocycles. The molecule has 1 fully saturated rings. The normalized spacial score (nSPS) is 25.8. The average Bonchev–Trinajstić information content (AvgIpc) is 2.89. The molecule has 4 heteroatoms. The molecule has 0 spiro atoms. The Balaban J connectivity index is 1.71. The van der Waals surface area contributed by atoms with Gasteiger partial charge in [-0.2, -0.15) is 0 Å². The smallest absolute Gasteiger partial charge is 0.0515 e. The van der Waals surface area contributed by atoms with Gasteiger partial charge in [0.1, 0.15) is 0 Å². The van der Waals surface area contributed by atoms with Gasteiger partial charge in [0.2, 0.25) is 0 Å². The quantitative estimate of drug-likeness (QED) is 0.926. The van der Waals surface area contributed by atoms with Crippen molar-refractivity contribution in [2.75, 3.05) is 33.2 Å². The number of hydrogen-bond acceptors (Lipinski definition) is 4. The molecule has 3 rings (SSSR count). The van der Waals surface area contributed by atoms with Gasteiger partial charge in [-0.3, -0.25) is 4.90 Å². The third-order valence-corrected chi connectivity index (χ3v) is 6.19. The van der Waals surface area contributed by atoms with Crippen molar-refractivity contribution in [3.05, 3.63) is 21.4 Å². The van der Waals surface area contributed by atoms with Gasteiger partial charge in [-0.1, -0.05) is 0 Å². The second-order valence-corrected chi connectivity index (χ2v) is 7.95. The number of piperazine rings is 1. The first-order valence-corrected chi connectivity index (χ1v) is 9.17. The van der Waals surface area contributed by atoms with Crippen molar-refractivity contribution in [1.29, 1.82) is 0 Å². The number of fused-ring (bicyclic) bond motifs is 1. The molecule has 3 nitrogen and oxygen atoms in total. The van der Waals surface area contributed by atoms with E-state index in [1.54, 1.807) is 10.4 Å². The topological polar surface area (TPSA) is 26.7 Å². The van der Waals surface area contributed by atoms with Crippen molar-refractivity contribution in [2.24, 2.45) is 0 Å². The Bertz CT molecular complexity index is 463. The SMILES string of the molecule is CC(O)CCc1cc2c(s1)CCCC2N1CCN(C)CC1. The summed E-state index contributed by atoms with van der Waals surface area (Å²) in [6.45, 7) is 6.70. The second kappa shape index (κ2) is 6.78. The number of hydrogen-bond donors (Lipinski definition) is 1. The van der Waals surface area contributed by atoms with Crippen LogP contribution < -0.4 is 0 Å². The van der Waals surface area contributed by atoms with Crippen LogP contribution in [-0.2, 0) is 12.8 Å². The summed E-state index contributed by atoms with van der Waals surface area (Å²) in [6, 6.07) is 3.10. The number of aliphatic hydroxyl groups excluding tert-OH is 1. The lowest BCUT2D eigenvalue weighted by molar-refractivity contribution is 0.103. The Morgan fingerprint density at radius 1 is 1.33 bits per heavy atom. The van der Waals surface area contributed by atoms with Crippen LogP contribution in [0, 0.1) is 0 Å². The molecule has 118 valence electrons. The van der Waals surface area contributed by atoms with E-state index in [0.717, 1.165) is 12.8 Å². The van der Waals surface area contributed by atoms with E-state index < -0.39 is 0 Å². The van der Waals surface area contributed by atoms with Crippen molar-refractivity contribution in [3.63, 3.8) is 0 Å². The number of rotatable bonds is 4. The minimum absolute atomic E-state index is 0.183. The maximum absolute atomic E-state index is 9.49. The van der Waals surface area contributed by atoms with E-state index in [-0.39, 0.29) is 6.10 Å². The largest absolute Gasteiger partial charge is 0.393 e. The van der Waals surface area contributed by atoms with Gasteiger partial charge in [-0.25, -0.2) is 0 Å². The van der Waals surface area contributed by atoms with Gasteiger partial charge >= 0.3 is 0 Å². The molecule has 1 aliphatic heterocycles. The predicted molar refractivity (Wildman–Crippen MR) is 89.1 cm³/mol. The number of aryl methyl sites for hydroxylation is 2. The van der Waals surface area contributed by atoms with Crippen LogP contribution in [0.2, 0.25) is 0 Å². The lowest BCUT2D eigenvalue weighted by Gasteiger charge is -2.39. The van der Waals surface area contributed by atoms with Crippen molar-refractivity contribution >= 4 is 11.3 Å². The van der Waals surface area contributed by atoms with Crippen LogP contribution in [-0.4, -0.2) is 54.2 Å². The van der Waals surface area contributed by atoms with Crippen LogP contribution in [0.25, 0.3) is 0 Å². The molecule has 0 amide bonds. The fourth-order valence-electron chi connectivity index (χ4n) is 3.58. The summed E-state index contributed by atoms with van der Waals surface area (Å²) >= 11 is 2.00. The first-order chi connectivity index (χ1) is 10.1. The van der Waals surface area contributed by atoms with Crippen LogP contribution in [0.1, 0.15) is 47.5 Å². The summed E-state index contributed by atoms with van der Waals surface area (Å²) in [7, 11) is 2.22. The first kappa shape index (κ1) is 15.5. The highest BCUT2D eigenvalue weighted by molar-refractivity contribution is 7.12. The molecule has 0 bridgehead atoms. The molecule has 2 aliphatic rings. The third kappa shape index (κ3) is 3.67. The Hall–Kier alpha value is -0.420. The van der Waals surface area contributed by atoms with Gasteiger partial charge in [-0.05, 0) is 57.7 Å². The lowest BCUT2D eigenvalue weighted by Crippen LogP contribution is -2.46. The zero-order chi connectivity index (χ0) is 14.8. The van der Waals surface area contributed by atoms with Gasteiger partial charge in [0, 0.05) is 42.0 Å². The minimum atomic E-state index is -0.183. The van der Waals surface area contributed by atoms with Crippen molar-refractivity contribution in [3.8, 4) is 0 Å². The van der Waals surface area contributed by atoms with E-state index in [9.17, 15) is 5.11 Å². The molecular weight excluding hydrogens is 280 g/mol. The van der Waals surface area contributed by atoms with Crippen molar-refractivity contribution in [2.45, 2.75) is 51.2 Å². The molecule has 1 aromatic heterocycles. The summed E-state index contributed by atoms with van der Waals surface area (Å²) in [6.07, 6.45) is 5.66. The van der Waals surface area contributed by atoms with Crippen LogP contribution in [0.3, 0.4) is 0 Å². The Morgan fingerprint density at radius 3 is 2.81 bits per heavy atom. The third-order valence-electron chi connectivity index (χ3n) is 4.92. The molecule has 1 aromatic rings. The molecule has 2 heterocycles. The van der Waals surface area contributed by atoms with Crippen LogP contribution >= 0.6 is 11.3 Å². The monoisotopic (exact) mass is 308 g/mol. The van der Waals surface area contributed by atoms with Gasteiger partial charge in [0.15, 0.2) is 0 Å². The van der Waals surface area contributed by atoms with Gasteiger partial charge in [0.25, 0.3) is 0 Å². The number of aliphatic hydroxyl groups is 1. The van der Waals surface area contributed by atoms with E-state index in [1.165, 1.54) is 50.3 Å². The molecule has 0 aromatic carbocycles. The maximum atomic E-state index is 9.49. The van der Waals surface area contributed by atoms with Crippen LogP contribution in [0.4, 0.5) is 0 Å². The molecule has 0 radical (unpaired) electrons. The van der Waals surface area contributed by atoms with Crippen LogP contribution in [0.5, 0.6) is 0 Å². The lowest BCUT2D eigenvalue weighted by atomic mass is 9.91. The fraction of sp³-hybridized carbons (Fsp3) is 0.765.